The van der Waals surface area contributed by atoms with E-state index in [1.54, 1.807) is 6.07 Å². The number of aliphatic hydroxyl groups excluding tert-OH is 1. The molecule has 1 unspecified atom stereocenters. The highest BCUT2D eigenvalue weighted by Crippen LogP contribution is 2.22. The van der Waals surface area contributed by atoms with Gasteiger partial charge in [0, 0.05) is 11.6 Å². The third kappa shape index (κ3) is 3.81. The third-order valence-corrected chi connectivity index (χ3v) is 3.91. The molecule has 0 fully saturated rings. The molecule has 0 aliphatic carbocycles. The highest BCUT2D eigenvalue weighted by Gasteiger charge is 2.13. The van der Waals surface area contributed by atoms with Gasteiger partial charge in [-0.3, -0.25) is 0 Å². The van der Waals surface area contributed by atoms with Crippen LogP contribution in [0.4, 0.5) is 4.39 Å². The molecule has 0 saturated carbocycles. The van der Waals surface area contributed by atoms with Crippen molar-refractivity contribution < 1.29 is 9.50 Å². The molecule has 0 radical (unpaired) electrons. The van der Waals surface area contributed by atoms with E-state index >= 15 is 0 Å². The van der Waals surface area contributed by atoms with Gasteiger partial charge in [0.05, 0.1) is 0 Å². The smallest absolute Gasteiger partial charge is 0.123 e. The largest absolute Gasteiger partial charge is 0.396 e. The first-order valence-electron chi connectivity index (χ1n) is 6.69. The van der Waals surface area contributed by atoms with Crippen molar-refractivity contribution in [1.82, 2.24) is 0 Å². The molecule has 0 heterocycles. The van der Waals surface area contributed by atoms with Crippen molar-refractivity contribution in [2.75, 3.05) is 6.61 Å². The van der Waals surface area contributed by atoms with Gasteiger partial charge in [-0.05, 0) is 60.6 Å². The fraction of sp³-hybridized carbons (Fsp3) is 0.294. The quantitative estimate of drug-likeness (QED) is 0.876. The lowest BCUT2D eigenvalue weighted by atomic mass is 9.91. The van der Waals surface area contributed by atoms with Crippen molar-refractivity contribution in [2.24, 2.45) is 5.92 Å². The second kappa shape index (κ2) is 6.87. The number of aryl methyl sites for hydroxylation is 1. The maximum absolute atomic E-state index is 13.1. The van der Waals surface area contributed by atoms with Crippen LogP contribution in [-0.2, 0) is 12.8 Å². The summed E-state index contributed by atoms with van der Waals surface area (Å²) in [5.74, 6) is -0.142. The normalized spacial score (nSPS) is 12.4. The molecule has 1 N–H and O–H groups in total. The van der Waals surface area contributed by atoms with Crippen LogP contribution in [0.25, 0.3) is 0 Å². The average molecular weight is 293 g/mol. The molecule has 0 aliphatic rings. The van der Waals surface area contributed by atoms with E-state index in [1.807, 2.05) is 31.2 Å². The molecular formula is C17H18ClFO. The molecule has 0 saturated heterocycles. The molecule has 3 heteroatoms. The topological polar surface area (TPSA) is 20.2 Å². The number of rotatable bonds is 5. The highest BCUT2D eigenvalue weighted by atomic mass is 35.5. The van der Waals surface area contributed by atoms with E-state index in [1.165, 1.54) is 12.1 Å². The Labute approximate surface area is 124 Å². The fourth-order valence-electron chi connectivity index (χ4n) is 2.38. The molecule has 0 amide bonds. The number of hydrogen-bond acceptors (Lipinski definition) is 1. The van der Waals surface area contributed by atoms with Crippen molar-refractivity contribution in [3.63, 3.8) is 0 Å². The van der Waals surface area contributed by atoms with Crippen LogP contribution < -0.4 is 0 Å². The summed E-state index contributed by atoms with van der Waals surface area (Å²) in [7, 11) is 0. The Bertz CT molecular complexity index is 583. The zero-order valence-electron chi connectivity index (χ0n) is 11.4. The van der Waals surface area contributed by atoms with Crippen LogP contribution in [0, 0.1) is 18.7 Å². The molecule has 1 nitrogen and oxygen atoms in total. The van der Waals surface area contributed by atoms with Crippen molar-refractivity contribution in [1.29, 1.82) is 0 Å². The second-order valence-electron chi connectivity index (χ2n) is 5.12. The van der Waals surface area contributed by atoms with Crippen molar-refractivity contribution in [3.05, 3.63) is 70.0 Å². The zero-order valence-corrected chi connectivity index (χ0v) is 12.2. The van der Waals surface area contributed by atoms with Gasteiger partial charge in [0.25, 0.3) is 0 Å². The molecule has 0 aromatic heterocycles. The monoisotopic (exact) mass is 292 g/mol. The van der Waals surface area contributed by atoms with E-state index in [9.17, 15) is 9.50 Å². The Morgan fingerprint density at radius 2 is 1.80 bits per heavy atom. The van der Waals surface area contributed by atoms with E-state index in [0.29, 0.717) is 12.8 Å². The third-order valence-electron chi connectivity index (χ3n) is 3.54. The van der Waals surface area contributed by atoms with E-state index < -0.39 is 0 Å². The van der Waals surface area contributed by atoms with Gasteiger partial charge in [0.15, 0.2) is 0 Å². The SMILES string of the molecule is Cc1cc(F)ccc1CC(CO)Cc1ccccc1Cl. The van der Waals surface area contributed by atoms with Crippen molar-refractivity contribution in [2.45, 2.75) is 19.8 Å². The summed E-state index contributed by atoms with van der Waals surface area (Å²) < 4.78 is 13.1. The fourth-order valence-corrected chi connectivity index (χ4v) is 2.59. The van der Waals surface area contributed by atoms with Gasteiger partial charge in [-0.2, -0.15) is 0 Å². The molecule has 20 heavy (non-hydrogen) atoms. The summed E-state index contributed by atoms with van der Waals surface area (Å²) in [5.41, 5.74) is 3.02. The Kier molecular flexibility index (Phi) is 5.16. The summed E-state index contributed by atoms with van der Waals surface area (Å²) in [6.45, 7) is 1.98. The van der Waals surface area contributed by atoms with Crippen LogP contribution >= 0.6 is 11.6 Å². The summed E-state index contributed by atoms with van der Waals surface area (Å²) in [5, 5.41) is 10.3. The predicted octanol–water partition coefficient (Wildman–Crippen LogP) is 4.18. The molecule has 0 aliphatic heterocycles. The van der Waals surface area contributed by atoms with Crippen LogP contribution in [0.5, 0.6) is 0 Å². The predicted molar refractivity (Wildman–Crippen MR) is 80.6 cm³/mol. The standard InChI is InChI=1S/C17H18ClFO/c1-12-8-16(19)7-6-14(12)9-13(11-20)10-15-4-2-3-5-17(15)18/h2-8,13,20H,9-11H2,1H3. The lowest BCUT2D eigenvalue weighted by Gasteiger charge is -2.16. The van der Waals surface area contributed by atoms with Gasteiger partial charge in [-0.25, -0.2) is 4.39 Å². The number of hydrogen-bond donors (Lipinski definition) is 1. The van der Waals surface area contributed by atoms with Crippen LogP contribution in [0.15, 0.2) is 42.5 Å². The molecule has 1 atom stereocenters. The molecule has 0 bridgehead atoms. The lowest BCUT2D eigenvalue weighted by molar-refractivity contribution is 0.225. The van der Waals surface area contributed by atoms with Crippen molar-refractivity contribution >= 4 is 11.6 Å². The summed E-state index contributed by atoms with van der Waals surface area (Å²) >= 11 is 6.15. The van der Waals surface area contributed by atoms with Gasteiger partial charge >= 0.3 is 0 Å². The number of benzene rings is 2. The van der Waals surface area contributed by atoms with Crippen LogP contribution in [0.2, 0.25) is 5.02 Å². The minimum atomic E-state index is -0.224. The first-order chi connectivity index (χ1) is 9.60. The second-order valence-corrected chi connectivity index (χ2v) is 5.53. The number of aliphatic hydroxyl groups is 1. The van der Waals surface area contributed by atoms with E-state index in [4.69, 9.17) is 11.6 Å². The Hall–Kier alpha value is -1.38. The van der Waals surface area contributed by atoms with Crippen LogP contribution in [-0.4, -0.2) is 11.7 Å². The van der Waals surface area contributed by atoms with Crippen LogP contribution in [0.3, 0.4) is 0 Å². The van der Waals surface area contributed by atoms with E-state index in [2.05, 4.69) is 0 Å². The molecule has 0 spiro atoms. The number of halogens is 2. The highest BCUT2D eigenvalue weighted by molar-refractivity contribution is 6.31. The average Bonchev–Trinajstić information content (AvgIpc) is 2.43. The van der Waals surface area contributed by atoms with E-state index in [-0.39, 0.29) is 18.3 Å². The van der Waals surface area contributed by atoms with Gasteiger partial charge in [0.2, 0.25) is 0 Å². The summed E-state index contributed by atoms with van der Waals surface area (Å²) in [6.07, 6.45) is 1.43. The van der Waals surface area contributed by atoms with Gasteiger partial charge in [-0.1, -0.05) is 35.9 Å². The van der Waals surface area contributed by atoms with Crippen LogP contribution in [0.1, 0.15) is 16.7 Å². The van der Waals surface area contributed by atoms with E-state index in [0.717, 1.165) is 21.7 Å². The molecule has 2 aromatic carbocycles. The van der Waals surface area contributed by atoms with Gasteiger partial charge < -0.3 is 5.11 Å². The zero-order chi connectivity index (χ0) is 14.5. The van der Waals surface area contributed by atoms with Gasteiger partial charge in [0.1, 0.15) is 5.82 Å². The van der Waals surface area contributed by atoms with Crippen molar-refractivity contribution in [3.8, 4) is 0 Å². The minimum absolute atomic E-state index is 0.0825. The molecular weight excluding hydrogens is 275 g/mol. The lowest BCUT2D eigenvalue weighted by Crippen LogP contribution is -2.14. The summed E-state index contributed by atoms with van der Waals surface area (Å²) in [4.78, 5) is 0. The maximum atomic E-state index is 13.1. The molecule has 106 valence electrons. The minimum Gasteiger partial charge on any atom is -0.396 e. The first-order valence-corrected chi connectivity index (χ1v) is 7.07. The molecule has 2 aromatic rings. The Morgan fingerprint density at radius 1 is 1.10 bits per heavy atom. The van der Waals surface area contributed by atoms with Gasteiger partial charge in [-0.15, -0.1) is 0 Å². The molecule has 2 rings (SSSR count). The first kappa shape index (κ1) is 15.0. The Balaban J connectivity index is 2.11. The maximum Gasteiger partial charge on any atom is 0.123 e. The summed E-state index contributed by atoms with van der Waals surface area (Å²) in [6, 6.07) is 12.4. The Morgan fingerprint density at radius 3 is 2.45 bits per heavy atom.